The molecule has 0 aliphatic rings. The van der Waals surface area contributed by atoms with Gasteiger partial charge in [0.05, 0.1) is 0 Å². The van der Waals surface area contributed by atoms with Gasteiger partial charge in [0, 0.05) is 0 Å². The smallest absolute Gasteiger partial charge is 2.00 e. The molecule has 0 heterocycles. The Hall–Kier alpha value is 2.12. The van der Waals surface area contributed by atoms with Crippen LogP contribution < -0.4 is 0 Å². The third kappa shape index (κ3) is 8.92. The molecular weight excluding hydrogens is 293 g/mol. The van der Waals surface area contributed by atoms with E-state index in [0.29, 0.717) is 0 Å². The average Bonchev–Trinajstić information content (AvgIpc) is 0. The fraction of sp³-hybridized carbons (Fsp3) is 0. The molecule has 0 spiro atoms. The van der Waals surface area contributed by atoms with E-state index in [1.54, 1.807) is 0 Å². The Bertz CT molecular complexity index is 8.00. The van der Waals surface area contributed by atoms with Gasteiger partial charge in [-0.2, -0.15) is 0 Å². The van der Waals surface area contributed by atoms with E-state index < -0.39 is 0 Å². The quantitative estimate of drug-likeness (QED) is 0.539. The van der Waals surface area contributed by atoms with Crippen LogP contribution in [0.2, 0.25) is 0 Å². The van der Waals surface area contributed by atoms with Gasteiger partial charge in [-0.1, -0.05) is 0 Å². The minimum absolute atomic E-state index is 0. The largest absolute Gasteiger partial charge is 5.00 e. The van der Waals surface area contributed by atoms with E-state index in [1.165, 1.54) is 0 Å². The Morgan fingerprint density at radius 2 is 1.00 bits per heavy atom. The van der Waals surface area contributed by atoms with Gasteiger partial charge in [0.1, 0.15) is 0 Å². The van der Waals surface area contributed by atoms with E-state index in [9.17, 15) is 0 Å². The van der Waals surface area contributed by atoms with Gasteiger partial charge < -0.3 is 5.48 Å². The molecule has 8 valence electrons. The molecule has 0 fully saturated rings. The zero-order chi connectivity index (χ0) is 0. The van der Waals surface area contributed by atoms with Crippen LogP contribution in [0.1, 0.15) is 0 Å². The van der Waals surface area contributed by atoms with Gasteiger partial charge in [-0.3, -0.25) is 0 Å². The van der Waals surface area contributed by atoms with E-state index in [0.717, 1.165) is 0 Å². The summed E-state index contributed by atoms with van der Waals surface area (Å²) in [5.41, 5.74) is 0. The number of hydrogen-bond donors (Lipinski definition) is 0. The van der Waals surface area contributed by atoms with Gasteiger partial charge in [0.2, 0.25) is 0 Å². The maximum Gasteiger partial charge on any atom is 5.00 e. The summed E-state index contributed by atoms with van der Waals surface area (Å²) in [7, 11) is 0. The molecule has 0 aromatic carbocycles. The van der Waals surface area contributed by atoms with Crippen LogP contribution >= 0.6 is 0 Å². The van der Waals surface area contributed by atoms with E-state index in [-0.39, 0.29) is 71.2 Å². The molecule has 0 amide bonds. The van der Waals surface area contributed by atoms with Gasteiger partial charge in [0.25, 0.3) is 0 Å². The van der Waals surface area contributed by atoms with Gasteiger partial charge in [0.15, 0.2) is 0 Å². The maximum atomic E-state index is 0. The second kappa shape index (κ2) is 19.3. The zero-order valence-electron chi connectivity index (χ0n) is 2.06. The molecule has 4 heteroatoms. The van der Waals surface area contributed by atoms with Gasteiger partial charge in [-0.15, -0.1) is 0 Å². The molecular formula is NbOSnZn+9. The topological polar surface area (TPSA) is 28.5 Å². The van der Waals surface area contributed by atoms with Gasteiger partial charge in [-0.05, 0) is 0 Å². The molecule has 0 saturated heterocycles. The monoisotopic (exact) mass is 293 g/mol. The van der Waals surface area contributed by atoms with E-state index in [2.05, 4.69) is 0 Å². The maximum absolute atomic E-state index is 0. The summed E-state index contributed by atoms with van der Waals surface area (Å²) in [6, 6.07) is 0. The molecule has 0 aliphatic carbocycles. The van der Waals surface area contributed by atoms with Crippen molar-refractivity contribution in [1.82, 2.24) is 0 Å². The van der Waals surface area contributed by atoms with Crippen LogP contribution in [0.5, 0.6) is 0 Å². The second-order valence-corrected chi connectivity index (χ2v) is 0. The summed E-state index contributed by atoms with van der Waals surface area (Å²) in [5.74, 6) is 0. The Balaban J connectivity index is 0. The molecule has 0 bridgehead atoms. The predicted octanol–water partition coefficient (Wildman–Crippen LogP) is -0.505. The van der Waals surface area contributed by atoms with E-state index in [4.69, 9.17) is 0 Å². The number of hydrogen-bond acceptors (Lipinski definition) is 0. The first-order chi connectivity index (χ1) is 0. The van der Waals surface area contributed by atoms with Crippen LogP contribution in [0, 0.1) is 0 Å². The van der Waals surface area contributed by atoms with Gasteiger partial charge in [-0.25, -0.2) is 0 Å². The first kappa shape index (κ1) is 35.7. The van der Waals surface area contributed by atoms with Crippen molar-refractivity contribution in [2.24, 2.45) is 0 Å². The Morgan fingerprint density at radius 1 is 1.00 bits per heavy atom. The van der Waals surface area contributed by atoms with Crippen molar-refractivity contribution in [3.8, 4) is 0 Å². The van der Waals surface area contributed by atoms with Crippen LogP contribution in [0.3, 0.4) is 0 Å². The molecule has 0 aliphatic heterocycles. The van der Waals surface area contributed by atoms with Crippen molar-refractivity contribution in [1.29, 1.82) is 0 Å². The average molecular weight is 293 g/mol. The third-order valence-electron chi connectivity index (χ3n) is 0. The fourth-order valence-electron chi connectivity index (χ4n) is 0. The van der Waals surface area contributed by atoms with Crippen molar-refractivity contribution in [2.75, 3.05) is 0 Å². The van der Waals surface area contributed by atoms with Crippen LogP contribution in [0.15, 0.2) is 0 Å². The van der Waals surface area contributed by atoms with E-state index in [1.807, 2.05) is 0 Å². The molecule has 0 aromatic rings. The molecule has 1 nitrogen and oxygen atoms in total. The molecule has 0 N–H and O–H groups in total. The molecule has 0 atom stereocenters. The SMILES string of the molecule is [Nb+5].[O-2].[Sn+4].[Zn+2]. The first-order valence-electron chi connectivity index (χ1n) is 0. The standard InChI is InChI=1S/Nb.O.Sn.Zn/q+5;-2;+4;+2. The van der Waals surface area contributed by atoms with Crippen molar-refractivity contribution in [3.05, 3.63) is 0 Å². The van der Waals surface area contributed by atoms with Crippen LogP contribution in [0.25, 0.3) is 0 Å². The second-order valence-electron chi connectivity index (χ2n) is 0. The van der Waals surface area contributed by atoms with Crippen molar-refractivity contribution < 1.29 is 47.3 Å². The van der Waals surface area contributed by atoms with Crippen molar-refractivity contribution in [2.45, 2.75) is 0 Å². The minimum Gasteiger partial charge on any atom is -2.00 e. The molecule has 0 rings (SSSR count). The molecule has 0 radical (unpaired) electrons. The molecule has 4 heavy (non-hydrogen) atoms. The number of rotatable bonds is 0. The third-order valence-corrected chi connectivity index (χ3v) is 0. The molecule has 0 saturated carbocycles. The summed E-state index contributed by atoms with van der Waals surface area (Å²) >= 11 is 0. The fourth-order valence-corrected chi connectivity index (χ4v) is 0. The summed E-state index contributed by atoms with van der Waals surface area (Å²) in [6.07, 6.45) is 0. The summed E-state index contributed by atoms with van der Waals surface area (Å²) < 4.78 is 0. The van der Waals surface area contributed by atoms with Crippen LogP contribution in [-0.4, -0.2) is 23.9 Å². The Morgan fingerprint density at radius 3 is 1.00 bits per heavy atom. The van der Waals surface area contributed by atoms with Crippen LogP contribution in [0.4, 0.5) is 0 Å². The van der Waals surface area contributed by atoms with Crippen molar-refractivity contribution in [3.63, 3.8) is 0 Å². The van der Waals surface area contributed by atoms with E-state index >= 15 is 0 Å². The normalized spacial score (nSPS) is 0. The summed E-state index contributed by atoms with van der Waals surface area (Å²) in [5, 5.41) is 0. The summed E-state index contributed by atoms with van der Waals surface area (Å²) in [6.45, 7) is 0. The van der Waals surface area contributed by atoms with Crippen LogP contribution in [-0.2, 0) is 47.3 Å². The first-order valence-corrected chi connectivity index (χ1v) is 0. The zero-order valence-corrected chi connectivity index (χ0v) is 10.1. The molecule has 0 unspecified atom stereocenters. The Kier molecular flexibility index (Phi) is 172. The minimum atomic E-state index is 0. The molecule has 0 aromatic heterocycles. The van der Waals surface area contributed by atoms with Crippen molar-refractivity contribution >= 4 is 23.9 Å². The predicted molar refractivity (Wildman–Crippen MR) is 6.44 cm³/mol. The summed E-state index contributed by atoms with van der Waals surface area (Å²) in [4.78, 5) is 0. The Labute approximate surface area is 70.4 Å². The van der Waals surface area contributed by atoms with Gasteiger partial charge >= 0.3 is 65.8 Å².